The van der Waals surface area contributed by atoms with Gasteiger partial charge in [-0.25, -0.2) is 0 Å². The zero-order valence-electron chi connectivity index (χ0n) is 14.9. The number of piperidine rings is 1. The predicted octanol–water partition coefficient (Wildman–Crippen LogP) is 5.23. The summed E-state index contributed by atoms with van der Waals surface area (Å²) in [4.78, 5) is 0. The molecule has 2 aromatic rings. The van der Waals surface area contributed by atoms with E-state index in [1.54, 1.807) is 0 Å². The van der Waals surface area contributed by atoms with Gasteiger partial charge in [-0.15, -0.1) is 0 Å². The summed E-state index contributed by atoms with van der Waals surface area (Å²) in [5.74, 6) is 0.799. The third-order valence-electron chi connectivity index (χ3n) is 3.81. The van der Waals surface area contributed by atoms with E-state index in [1.807, 2.05) is 26.0 Å². The number of rotatable bonds is 2. The molecule has 1 aliphatic rings. The quantitative estimate of drug-likeness (QED) is 0.699. The first-order valence-electron chi connectivity index (χ1n) is 8.60. The molecule has 1 saturated heterocycles. The number of benzene rings is 2. The molecule has 0 aromatic heterocycles. The van der Waals surface area contributed by atoms with Crippen molar-refractivity contribution < 1.29 is 32.7 Å². The molecule has 0 unspecified atom stereocenters. The first-order chi connectivity index (χ1) is 10.9. The fourth-order valence-electron chi connectivity index (χ4n) is 2.54. The molecule has 0 aliphatic carbocycles. The third kappa shape index (κ3) is 9.40. The summed E-state index contributed by atoms with van der Waals surface area (Å²) in [6.45, 7) is 8.51. The Hall–Kier alpha value is -0.496. The van der Waals surface area contributed by atoms with E-state index in [1.165, 1.54) is 37.1 Å². The molecule has 0 saturated carbocycles. The molecular weight excluding hydrogens is 355 g/mol. The van der Waals surface area contributed by atoms with Crippen molar-refractivity contribution in [1.82, 2.24) is 5.32 Å². The van der Waals surface area contributed by atoms with Crippen LogP contribution in [0.15, 0.2) is 54.6 Å². The van der Waals surface area contributed by atoms with Crippen molar-refractivity contribution in [3.05, 3.63) is 71.8 Å². The van der Waals surface area contributed by atoms with E-state index in [-0.39, 0.29) is 32.7 Å². The van der Waals surface area contributed by atoms with E-state index in [0.717, 1.165) is 12.3 Å². The van der Waals surface area contributed by atoms with Gasteiger partial charge < -0.3 is 5.32 Å². The zero-order chi connectivity index (χ0) is 16.0. The normalized spacial score (nSPS) is 13.5. The SMILES string of the molecule is CC.CCc1cc[c-]cc1.[Y].c1ccc(C2CCNCC2)cc1. The molecule has 23 heavy (non-hydrogen) atoms. The van der Waals surface area contributed by atoms with Gasteiger partial charge in [0.05, 0.1) is 0 Å². The van der Waals surface area contributed by atoms with Crippen LogP contribution in [0, 0.1) is 6.07 Å². The molecule has 1 heterocycles. The van der Waals surface area contributed by atoms with Gasteiger partial charge >= 0.3 is 0 Å². The fourth-order valence-corrected chi connectivity index (χ4v) is 2.54. The van der Waals surface area contributed by atoms with E-state index in [4.69, 9.17) is 0 Å². The van der Waals surface area contributed by atoms with Crippen molar-refractivity contribution in [3.63, 3.8) is 0 Å². The van der Waals surface area contributed by atoms with Gasteiger partial charge in [0.2, 0.25) is 0 Å². The Kier molecular flexibility index (Phi) is 14.7. The van der Waals surface area contributed by atoms with Crippen molar-refractivity contribution in [1.29, 1.82) is 0 Å². The molecule has 0 spiro atoms. The van der Waals surface area contributed by atoms with Gasteiger partial charge in [0.15, 0.2) is 0 Å². The maximum atomic E-state index is 3.38. The summed E-state index contributed by atoms with van der Waals surface area (Å²) in [5.41, 5.74) is 2.89. The minimum absolute atomic E-state index is 0. The Morgan fingerprint density at radius 2 is 1.52 bits per heavy atom. The monoisotopic (exact) mass is 385 g/mol. The van der Waals surface area contributed by atoms with E-state index >= 15 is 0 Å². The first-order valence-corrected chi connectivity index (χ1v) is 8.60. The fraction of sp³-hybridized carbons (Fsp3) is 0.429. The molecule has 3 rings (SSSR count). The van der Waals surface area contributed by atoms with E-state index in [9.17, 15) is 0 Å². The molecule has 1 aliphatic heterocycles. The smallest absolute Gasteiger partial charge is 0 e. The number of aryl methyl sites for hydroxylation is 1. The maximum Gasteiger partial charge on any atom is 0 e. The summed E-state index contributed by atoms with van der Waals surface area (Å²) < 4.78 is 0. The van der Waals surface area contributed by atoms with Gasteiger partial charge in [-0.1, -0.05) is 57.5 Å². The van der Waals surface area contributed by atoms with Crippen molar-refractivity contribution in [2.24, 2.45) is 0 Å². The van der Waals surface area contributed by atoms with Gasteiger partial charge in [-0.2, -0.15) is 35.9 Å². The van der Waals surface area contributed by atoms with Crippen LogP contribution in [0.25, 0.3) is 0 Å². The standard InChI is InChI=1S/C11H15N.C8H9.C2H6.Y/c1-2-4-10(5-3-1)11-6-8-12-9-7-11;1-2-8-6-4-3-5-7-8;1-2;/h1-5,11-12H,6-9H2;4-7H,2H2,1H3;1-2H3;/q;-1;;. The molecule has 1 nitrogen and oxygen atoms in total. The van der Waals surface area contributed by atoms with Crippen molar-refractivity contribution in [2.75, 3.05) is 13.1 Å². The average Bonchev–Trinajstić information content (AvgIpc) is 2.66. The molecule has 1 N–H and O–H groups in total. The van der Waals surface area contributed by atoms with Crippen LogP contribution >= 0.6 is 0 Å². The second-order valence-corrected chi connectivity index (χ2v) is 5.20. The Bertz CT molecular complexity index is 464. The van der Waals surface area contributed by atoms with Crippen LogP contribution in [-0.2, 0) is 39.1 Å². The largest absolute Gasteiger partial charge is 0.317 e. The zero-order valence-corrected chi connectivity index (χ0v) is 17.7. The van der Waals surface area contributed by atoms with Gasteiger partial charge in [0.1, 0.15) is 0 Å². The molecular formula is C21H30NY-. The number of hydrogen-bond donors (Lipinski definition) is 1. The van der Waals surface area contributed by atoms with E-state index < -0.39 is 0 Å². The molecule has 0 amide bonds. The third-order valence-corrected chi connectivity index (χ3v) is 3.81. The predicted molar refractivity (Wildman–Crippen MR) is 97.3 cm³/mol. The minimum Gasteiger partial charge on any atom is -0.317 e. The molecule has 2 aromatic carbocycles. The molecule has 0 bridgehead atoms. The van der Waals surface area contributed by atoms with Crippen LogP contribution < -0.4 is 5.32 Å². The summed E-state index contributed by atoms with van der Waals surface area (Å²) in [6, 6.07) is 21.9. The summed E-state index contributed by atoms with van der Waals surface area (Å²) in [7, 11) is 0. The molecule has 123 valence electrons. The number of nitrogens with one attached hydrogen (secondary N) is 1. The van der Waals surface area contributed by atoms with Crippen LogP contribution in [-0.4, -0.2) is 13.1 Å². The molecule has 2 heteroatoms. The average molecular weight is 385 g/mol. The Labute approximate surface area is 168 Å². The van der Waals surface area contributed by atoms with Gasteiger partial charge in [0, 0.05) is 32.7 Å². The Morgan fingerprint density at radius 3 is 2.00 bits per heavy atom. The first kappa shape index (κ1) is 22.5. The van der Waals surface area contributed by atoms with Crippen LogP contribution in [0.4, 0.5) is 0 Å². The second-order valence-electron chi connectivity index (χ2n) is 5.20. The van der Waals surface area contributed by atoms with E-state index in [2.05, 4.69) is 60.8 Å². The maximum absolute atomic E-state index is 3.38. The Balaban J connectivity index is 0.000000388. The van der Waals surface area contributed by atoms with E-state index in [0.29, 0.717) is 0 Å². The van der Waals surface area contributed by atoms with Gasteiger partial charge in [-0.3, -0.25) is 0 Å². The van der Waals surface area contributed by atoms with Gasteiger partial charge in [0.25, 0.3) is 0 Å². The summed E-state index contributed by atoms with van der Waals surface area (Å²) >= 11 is 0. The summed E-state index contributed by atoms with van der Waals surface area (Å²) in [5, 5.41) is 3.38. The molecule has 1 radical (unpaired) electrons. The Morgan fingerprint density at radius 1 is 0.957 bits per heavy atom. The molecule has 0 atom stereocenters. The molecule has 1 fully saturated rings. The minimum atomic E-state index is 0. The second kappa shape index (κ2) is 15.1. The van der Waals surface area contributed by atoms with Gasteiger partial charge in [-0.05, 0) is 37.4 Å². The van der Waals surface area contributed by atoms with Crippen LogP contribution in [0.2, 0.25) is 0 Å². The summed E-state index contributed by atoms with van der Waals surface area (Å²) in [6.07, 6.45) is 3.71. The van der Waals surface area contributed by atoms with Crippen LogP contribution in [0.1, 0.15) is 50.7 Å². The van der Waals surface area contributed by atoms with Crippen LogP contribution in [0.3, 0.4) is 0 Å². The van der Waals surface area contributed by atoms with Crippen LogP contribution in [0.5, 0.6) is 0 Å². The van der Waals surface area contributed by atoms with Crippen molar-refractivity contribution in [3.8, 4) is 0 Å². The topological polar surface area (TPSA) is 12.0 Å². The van der Waals surface area contributed by atoms with Crippen molar-refractivity contribution >= 4 is 0 Å². The van der Waals surface area contributed by atoms with Crippen molar-refractivity contribution in [2.45, 2.75) is 46.0 Å². The number of hydrogen-bond acceptors (Lipinski definition) is 1.